The van der Waals surface area contributed by atoms with E-state index in [-0.39, 0.29) is 0 Å². The van der Waals surface area contributed by atoms with Gasteiger partial charge in [-0.1, -0.05) is 61.5 Å². The average molecular weight is 311 g/mol. The van der Waals surface area contributed by atoms with Gasteiger partial charge in [0, 0.05) is 5.69 Å². The van der Waals surface area contributed by atoms with Crippen molar-refractivity contribution in [3.05, 3.63) is 83.9 Å². The van der Waals surface area contributed by atoms with Crippen molar-refractivity contribution in [1.82, 2.24) is 0 Å². The molecule has 0 saturated carbocycles. The quantitative estimate of drug-likeness (QED) is 0.567. The number of hydrogen-bond donors (Lipinski definition) is 1. The first-order valence-corrected chi connectivity index (χ1v) is 8.47. The standard InChI is InChI=1S/C23H21N/c1-16-6-5-9-19-12-18(10-11-23(16)19)21-13-20(14-22(24)15-21)17-7-3-2-4-8-17/h2-5,7-16H,6,24H2,1H3. The Hall–Kier alpha value is -2.80. The summed E-state index contributed by atoms with van der Waals surface area (Å²) >= 11 is 0. The van der Waals surface area contributed by atoms with Crippen molar-refractivity contribution in [3.63, 3.8) is 0 Å². The minimum Gasteiger partial charge on any atom is -0.399 e. The second-order valence-corrected chi connectivity index (χ2v) is 6.59. The van der Waals surface area contributed by atoms with Crippen LogP contribution in [0.5, 0.6) is 0 Å². The number of allylic oxidation sites excluding steroid dienone is 1. The number of fused-ring (bicyclic) bond motifs is 1. The Balaban J connectivity index is 1.80. The SMILES string of the molecule is CC1CC=Cc2cc(-c3cc(N)cc(-c4ccccc4)c3)ccc21. The summed E-state index contributed by atoms with van der Waals surface area (Å²) in [4.78, 5) is 0. The smallest absolute Gasteiger partial charge is 0.0326 e. The number of anilines is 1. The first-order chi connectivity index (χ1) is 11.7. The van der Waals surface area contributed by atoms with Crippen LogP contribution >= 0.6 is 0 Å². The van der Waals surface area contributed by atoms with E-state index in [2.05, 4.69) is 73.7 Å². The van der Waals surface area contributed by atoms with Gasteiger partial charge in [-0.15, -0.1) is 0 Å². The minimum absolute atomic E-state index is 0.597. The Morgan fingerprint density at radius 3 is 2.33 bits per heavy atom. The third-order valence-electron chi connectivity index (χ3n) is 4.80. The normalized spacial score (nSPS) is 16.0. The molecule has 0 heterocycles. The molecule has 0 spiro atoms. The number of rotatable bonds is 2. The van der Waals surface area contributed by atoms with Gasteiger partial charge in [-0.3, -0.25) is 0 Å². The third-order valence-corrected chi connectivity index (χ3v) is 4.80. The second kappa shape index (κ2) is 6.01. The fourth-order valence-electron chi connectivity index (χ4n) is 3.49. The van der Waals surface area contributed by atoms with E-state index in [4.69, 9.17) is 5.73 Å². The van der Waals surface area contributed by atoms with E-state index < -0.39 is 0 Å². The van der Waals surface area contributed by atoms with Crippen molar-refractivity contribution < 1.29 is 0 Å². The average Bonchev–Trinajstić information content (AvgIpc) is 2.62. The molecule has 1 nitrogen and oxygen atoms in total. The molecule has 0 fully saturated rings. The zero-order valence-corrected chi connectivity index (χ0v) is 13.9. The lowest BCUT2D eigenvalue weighted by molar-refractivity contribution is 0.772. The molecule has 0 amide bonds. The molecule has 0 aromatic heterocycles. The molecule has 1 atom stereocenters. The van der Waals surface area contributed by atoms with Gasteiger partial charge in [-0.2, -0.15) is 0 Å². The lowest BCUT2D eigenvalue weighted by Gasteiger charge is -2.19. The maximum atomic E-state index is 6.18. The van der Waals surface area contributed by atoms with Crippen molar-refractivity contribution >= 4 is 11.8 Å². The van der Waals surface area contributed by atoms with Crippen LogP contribution in [0.2, 0.25) is 0 Å². The van der Waals surface area contributed by atoms with Gasteiger partial charge in [0.05, 0.1) is 0 Å². The molecule has 0 aliphatic heterocycles. The second-order valence-electron chi connectivity index (χ2n) is 6.59. The highest BCUT2D eigenvalue weighted by Gasteiger charge is 2.13. The molecule has 4 rings (SSSR count). The summed E-state index contributed by atoms with van der Waals surface area (Å²) in [6, 6.07) is 23.5. The molecule has 0 bridgehead atoms. The van der Waals surface area contributed by atoms with Crippen LogP contribution in [-0.4, -0.2) is 0 Å². The molecule has 0 radical (unpaired) electrons. The maximum absolute atomic E-state index is 6.18. The van der Waals surface area contributed by atoms with E-state index in [0.29, 0.717) is 5.92 Å². The molecule has 3 aromatic rings. The Bertz CT molecular complexity index is 907. The monoisotopic (exact) mass is 311 g/mol. The van der Waals surface area contributed by atoms with E-state index in [1.165, 1.54) is 27.8 Å². The molecule has 3 aromatic carbocycles. The summed E-state index contributed by atoms with van der Waals surface area (Å²) in [6.45, 7) is 2.29. The lowest BCUT2D eigenvalue weighted by atomic mass is 9.86. The van der Waals surface area contributed by atoms with E-state index >= 15 is 0 Å². The van der Waals surface area contributed by atoms with Crippen LogP contribution in [0.3, 0.4) is 0 Å². The highest BCUT2D eigenvalue weighted by Crippen LogP contribution is 2.34. The van der Waals surface area contributed by atoms with E-state index in [1.807, 2.05) is 12.1 Å². The first-order valence-electron chi connectivity index (χ1n) is 8.47. The van der Waals surface area contributed by atoms with E-state index in [1.54, 1.807) is 0 Å². The molecule has 1 aliphatic carbocycles. The van der Waals surface area contributed by atoms with E-state index in [0.717, 1.165) is 17.7 Å². The van der Waals surface area contributed by atoms with Gasteiger partial charge in [-0.05, 0) is 70.0 Å². The first kappa shape index (κ1) is 14.8. The van der Waals surface area contributed by atoms with Crippen LogP contribution in [0.1, 0.15) is 30.4 Å². The Morgan fingerprint density at radius 2 is 1.54 bits per heavy atom. The predicted octanol–water partition coefficient (Wildman–Crippen LogP) is 6.12. The highest BCUT2D eigenvalue weighted by atomic mass is 14.5. The molecule has 0 saturated heterocycles. The van der Waals surface area contributed by atoms with Gasteiger partial charge in [0.1, 0.15) is 0 Å². The molecule has 24 heavy (non-hydrogen) atoms. The van der Waals surface area contributed by atoms with Crippen molar-refractivity contribution in [2.75, 3.05) is 5.73 Å². The zero-order valence-electron chi connectivity index (χ0n) is 13.9. The number of nitrogen functional groups attached to an aromatic ring is 1. The minimum atomic E-state index is 0.597. The fourth-order valence-corrected chi connectivity index (χ4v) is 3.49. The molecule has 1 aliphatic rings. The fraction of sp³-hybridized carbons (Fsp3) is 0.130. The van der Waals surface area contributed by atoms with Crippen molar-refractivity contribution in [3.8, 4) is 22.3 Å². The van der Waals surface area contributed by atoms with Crippen LogP contribution in [0.25, 0.3) is 28.3 Å². The van der Waals surface area contributed by atoms with Gasteiger partial charge in [0.15, 0.2) is 0 Å². The largest absolute Gasteiger partial charge is 0.399 e. The number of benzene rings is 3. The number of hydrogen-bond acceptors (Lipinski definition) is 1. The van der Waals surface area contributed by atoms with Gasteiger partial charge in [0.25, 0.3) is 0 Å². The Labute approximate surface area is 143 Å². The molecular weight excluding hydrogens is 290 g/mol. The number of nitrogens with two attached hydrogens (primary N) is 1. The van der Waals surface area contributed by atoms with E-state index in [9.17, 15) is 0 Å². The summed E-state index contributed by atoms with van der Waals surface area (Å²) in [5.74, 6) is 0.597. The molecule has 1 heteroatoms. The summed E-state index contributed by atoms with van der Waals surface area (Å²) in [6.07, 6.45) is 5.64. The van der Waals surface area contributed by atoms with Crippen LogP contribution in [0.15, 0.2) is 72.8 Å². The van der Waals surface area contributed by atoms with Gasteiger partial charge in [0.2, 0.25) is 0 Å². The summed E-state index contributed by atoms with van der Waals surface area (Å²) in [5, 5.41) is 0. The third kappa shape index (κ3) is 2.74. The molecular formula is C23H21N. The van der Waals surface area contributed by atoms with Gasteiger partial charge in [-0.25, -0.2) is 0 Å². The van der Waals surface area contributed by atoms with Crippen LogP contribution < -0.4 is 5.73 Å². The maximum Gasteiger partial charge on any atom is 0.0326 e. The topological polar surface area (TPSA) is 26.0 Å². The van der Waals surface area contributed by atoms with Crippen LogP contribution in [0, 0.1) is 0 Å². The lowest BCUT2D eigenvalue weighted by Crippen LogP contribution is -2.00. The van der Waals surface area contributed by atoms with Crippen molar-refractivity contribution in [1.29, 1.82) is 0 Å². The van der Waals surface area contributed by atoms with Crippen LogP contribution in [-0.2, 0) is 0 Å². The predicted molar refractivity (Wildman–Crippen MR) is 104 cm³/mol. The molecule has 1 unspecified atom stereocenters. The zero-order chi connectivity index (χ0) is 16.5. The molecule has 2 N–H and O–H groups in total. The Morgan fingerprint density at radius 1 is 0.792 bits per heavy atom. The van der Waals surface area contributed by atoms with Crippen LogP contribution in [0.4, 0.5) is 5.69 Å². The summed E-state index contributed by atoms with van der Waals surface area (Å²) < 4.78 is 0. The van der Waals surface area contributed by atoms with Gasteiger partial charge >= 0.3 is 0 Å². The summed E-state index contributed by atoms with van der Waals surface area (Å²) in [5.41, 5.74) is 14.5. The molecule has 118 valence electrons. The summed E-state index contributed by atoms with van der Waals surface area (Å²) in [7, 11) is 0. The van der Waals surface area contributed by atoms with Gasteiger partial charge < -0.3 is 5.73 Å². The van der Waals surface area contributed by atoms with Crippen molar-refractivity contribution in [2.24, 2.45) is 0 Å². The highest BCUT2D eigenvalue weighted by molar-refractivity contribution is 5.79. The van der Waals surface area contributed by atoms with Crippen molar-refractivity contribution in [2.45, 2.75) is 19.3 Å². The Kier molecular flexibility index (Phi) is 3.70.